The number of rotatable bonds is 2. The molecule has 2 aliphatic rings. The van der Waals surface area contributed by atoms with Crippen molar-refractivity contribution in [2.45, 2.75) is 12.8 Å². The van der Waals surface area contributed by atoms with E-state index in [1.807, 2.05) is 6.07 Å². The summed E-state index contributed by atoms with van der Waals surface area (Å²) in [6.45, 7) is 1.15. The standard InChI is InChI=1S/C17H14BrNO2/c18-14-4-2-1-3-12(14)7-15-13-9-17-16(20-10-21-17)8-11(13)5-6-19-15/h1-4,8-9H,5-7,10H2. The van der Waals surface area contributed by atoms with Crippen molar-refractivity contribution in [1.29, 1.82) is 0 Å². The first kappa shape index (κ1) is 12.9. The topological polar surface area (TPSA) is 30.8 Å². The number of fused-ring (bicyclic) bond motifs is 2. The summed E-state index contributed by atoms with van der Waals surface area (Å²) in [6.07, 6.45) is 1.79. The lowest BCUT2D eigenvalue weighted by Gasteiger charge is -2.18. The molecule has 2 heterocycles. The van der Waals surface area contributed by atoms with Gasteiger partial charge in [0.25, 0.3) is 0 Å². The third-order valence-electron chi connectivity index (χ3n) is 3.91. The minimum absolute atomic E-state index is 0.314. The van der Waals surface area contributed by atoms with Gasteiger partial charge in [-0.3, -0.25) is 4.99 Å². The maximum Gasteiger partial charge on any atom is 0.231 e. The van der Waals surface area contributed by atoms with Crippen molar-refractivity contribution in [3.63, 3.8) is 0 Å². The van der Waals surface area contributed by atoms with E-state index in [4.69, 9.17) is 14.5 Å². The average molecular weight is 344 g/mol. The lowest BCUT2D eigenvalue weighted by Crippen LogP contribution is -2.15. The minimum Gasteiger partial charge on any atom is -0.454 e. The van der Waals surface area contributed by atoms with E-state index in [2.05, 4.69) is 46.3 Å². The van der Waals surface area contributed by atoms with Crippen LogP contribution in [0.25, 0.3) is 0 Å². The van der Waals surface area contributed by atoms with Crippen LogP contribution in [0.2, 0.25) is 0 Å². The number of aliphatic imine (C=N–C) groups is 1. The van der Waals surface area contributed by atoms with Crippen molar-refractivity contribution in [2.24, 2.45) is 4.99 Å². The van der Waals surface area contributed by atoms with Crippen molar-refractivity contribution >= 4 is 21.6 Å². The molecular weight excluding hydrogens is 330 g/mol. The molecular formula is C17H14BrNO2. The van der Waals surface area contributed by atoms with Gasteiger partial charge in [0.1, 0.15) is 0 Å². The van der Waals surface area contributed by atoms with Gasteiger partial charge in [-0.05, 0) is 35.7 Å². The summed E-state index contributed by atoms with van der Waals surface area (Å²) in [6, 6.07) is 12.5. The molecule has 2 aromatic rings. The molecule has 4 rings (SSSR count). The van der Waals surface area contributed by atoms with Gasteiger partial charge in [-0.15, -0.1) is 0 Å². The first-order valence-electron chi connectivity index (χ1n) is 7.01. The zero-order chi connectivity index (χ0) is 14.2. The Morgan fingerprint density at radius 2 is 1.90 bits per heavy atom. The Kier molecular flexibility index (Phi) is 3.19. The number of benzene rings is 2. The molecule has 0 bridgehead atoms. The van der Waals surface area contributed by atoms with Crippen LogP contribution >= 0.6 is 15.9 Å². The molecule has 0 amide bonds. The molecule has 2 aromatic carbocycles. The van der Waals surface area contributed by atoms with Crippen molar-refractivity contribution in [3.05, 3.63) is 57.6 Å². The zero-order valence-electron chi connectivity index (χ0n) is 11.4. The summed E-state index contributed by atoms with van der Waals surface area (Å²) >= 11 is 3.61. The Bertz CT molecular complexity index is 740. The van der Waals surface area contributed by atoms with Crippen LogP contribution in [0.5, 0.6) is 11.5 Å². The quantitative estimate of drug-likeness (QED) is 0.831. The molecule has 21 heavy (non-hydrogen) atoms. The van der Waals surface area contributed by atoms with Gasteiger partial charge in [-0.2, -0.15) is 0 Å². The molecule has 0 spiro atoms. The van der Waals surface area contributed by atoms with E-state index in [-0.39, 0.29) is 0 Å². The SMILES string of the molecule is Brc1ccccc1CC1=NCCc2cc3c(cc21)OCO3. The number of ether oxygens (including phenoxy) is 2. The van der Waals surface area contributed by atoms with Crippen molar-refractivity contribution < 1.29 is 9.47 Å². The minimum atomic E-state index is 0.314. The molecule has 3 nitrogen and oxygen atoms in total. The molecule has 0 N–H and O–H groups in total. The van der Waals surface area contributed by atoms with Gasteiger partial charge >= 0.3 is 0 Å². The van der Waals surface area contributed by atoms with Crippen LogP contribution in [0.1, 0.15) is 16.7 Å². The van der Waals surface area contributed by atoms with E-state index in [0.29, 0.717) is 6.79 Å². The van der Waals surface area contributed by atoms with E-state index in [1.54, 1.807) is 0 Å². The summed E-state index contributed by atoms with van der Waals surface area (Å²) in [7, 11) is 0. The van der Waals surface area contributed by atoms with Crippen LogP contribution in [0.3, 0.4) is 0 Å². The Balaban J connectivity index is 1.72. The van der Waals surface area contributed by atoms with Crippen LogP contribution in [0.15, 0.2) is 45.9 Å². The average Bonchev–Trinajstić information content (AvgIpc) is 2.95. The number of hydrogen-bond donors (Lipinski definition) is 0. The van der Waals surface area contributed by atoms with Crippen molar-refractivity contribution in [1.82, 2.24) is 0 Å². The van der Waals surface area contributed by atoms with Crippen molar-refractivity contribution in [2.75, 3.05) is 13.3 Å². The Morgan fingerprint density at radius 1 is 1.10 bits per heavy atom. The van der Waals surface area contributed by atoms with Gasteiger partial charge in [0.05, 0.1) is 0 Å². The number of halogens is 1. The second-order valence-corrected chi connectivity index (χ2v) is 6.06. The number of hydrogen-bond acceptors (Lipinski definition) is 3. The van der Waals surface area contributed by atoms with Crippen LogP contribution in [-0.2, 0) is 12.8 Å². The van der Waals surface area contributed by atoms with E-state index >= 15 is 0 Å². The first-order valence-corrected chi connectivity index (χ1v) is 7.80. The predicted molar refractivity (Wildman–Crippen MR) is 85.5 cm³/mol. The van der Waals surface area contributed by atoms with Gasteiger partial charge < -0.3 is 9.47 Å². The highest BCUT2D eigenvalue weighted by atomic mass is 79.9. The van der Waals surface area contributed by atoms with E-state index in [1.165, 1.54) is 16.7 Å². The molecule has 0 saturated carbocycles. The summed E-state index contributed by atoms with van der Waals surface area (Å²) in [5.74, 6) is 1.69. The second-order valence-electron chi connectivity index (χ2n) is 5.21. The zero-order valence-corrected chi connectivity index (χ0v) is 13.0. The first-order chi connectivity index (χ1) is 10.3. The highest BCUT2D eigenvalue weighted by molar-refractivity contribution is 9.10. The Labute approximate surface area is 131 Å². The predicted octanol–water partition coefficient (Wildman–Crippen LogP) is 3.77. The molecule has 0 unspecified atom stereocenters. The molecule has 0 aliphatic carbocycles. The van der Waals surface area contributed by atoms with E-state index in [9.17, 15) is 0 Å². The molecule has 0 radical (unpaired) electrons. The molecule has 0 fully saturated rings. The monoisotopic (exact) mass is 343 g/mol. The summed E-state index contributed by atoms with van der Waals surface area (Å²) < 4.78 is 12.1. The lowest BCUT2D eigenvalue weighted by atomic mass is 9.93. The van der Waals surface area contributed by atoms with Gasteiger partial charge in [-0.25, -0.2) is 0 Å². The van der Waals surface area contributed by atoms with Crippen LogP contribution < -0.4 is 9.47 Å². The fourth-order valence-electron chi connectivity index (χ4n) is 2.83. The summed E-state index contributed by atoms with van der Waals surface area (Å²) in [5.41, 5.74) is 4.88. The number of nitrogens with zero attached hydrogens (tertiary/aromatic N) is 1. The Morgan fingerprint density at radius 3 is 2.76 bits per heavy atom. The van der Waals surface area contributed by atoms with Gasteiger partial charge in [0.2, 0.25) is 6.79 Å². The Hall–Kier alpha value is -1.81. The molecule has 2 aliphatic heterocycles. The lowest BCUT2D eigenvalue weighted by molar-refractivity contribution is 0.174. The maximum atomic E-state index is 5.50. The summed E-state index contributed by atoms with van der Waals surface area (Å²) in [5, 5.41) is 0. The van der Waals surface area contributed by atoms with Gasteiger partial charge in [0.15, 0.2) is 11.5 Å². The fraction of sp³-hybridized carbons (Fsp3) is 0.235. The van der Waals surface area contributed by atoms with Crippen LogP contribution in [0.4, 0.5) is 0 Å². The molecule has 0 aromatic heterocycles. The molecule has 0 saturated heterocycles. The van der Waals surface area contributed by atoms with Gasteiger partial charge in [-0.1, -0.05) is 34.1 Å². The van der Waals surface area contributed by atoms with E-state index in [0.717, 1.165) is 41.1 Å². The molecule has 4 heteroatoms. The normalized spacial score (nSPS) is 15.6. The highest BCUT2D eigenvalue weighted by Crippen LogP contribution is 2.36. The second kappa shape index (κ2) is 5.19. The van der Waals surface area contributed by atoms with Crippen LogP contribution in [0, 0.1) is 0 Å². The largest absolute Gasteiger partial charge is 0.454 e. The molecule has 106 valence electrons. The smallest absolute Gasteiger partial charge is 0.231 e. The van der Waals surface area contributed by atoms with Crippen LogP contribution in [-0.4, -0.2) is 19.0 Å². The fourth-order valence-corrected chi connectivity index (χ4v) is 3.25. The highest BCUT2D eigenvalue weighted by Gasteiger charge is 2.22. The van der Waals surface area contributed by atoms with Gasteiger partial charge in [0, 0.05) is 28.7 Å². The maximum absolute atomic E-state index is 5.50. The third-order valence-corrected chi connectivity index (χ3v) is 4.68. The van der Waals surface area contributed by atoms with Crippen molar-refractivity contribution in [3.8, 4) is 11.5 Å². The molecule has 0 atom stereocenters. The third kappa shape index (κ3) is 2.33. The van der Waals surface area contributed by atoms with E-state index < -0.39 is 0 Å². The summed E-state index contributed by atoms with van der Waals surface area (Å²) in [4.78, 5) is 4.73.